The van der Waals surface area contributed by atoms with Crippen molar-refractivity contribution in [1.29, 1.82) is 0 Å². The van der Waals surface area contributed by atoms with Crippen LogP contribution in [0.1, 0.15) is 39.3 Å². The van der Waals surface area contributed by atoms with Crippen molar-refractivity contribution in [2.75, 3.05) is 25.0 Å². The third-order valence-electron chi connectivity index (χ3n) is 11.1. The predicted octanol–water partition coefficient (Wildman–Crippen LogP) is 9.54. The van der Waals surface area contributed by atoms with Crippen molar-refractivity contribution in [3.8, 4) is 0 Å². The number of amides is 2. The maximum Gasteiger partial charge on any atom is 0.411 e. The number of para-hydroxylation sites is 1. The van der Waals surface area contributed by atoms with Crippen molar-refractivity contribution in [2.24, 2.45) is 5.92 Å². The van der Waals surface area contributed by atoms with E-state index in [9.17, 15) is 14.7 Å². The number of carbonyl (C=O) groups excluding carboxylic acids is 2. The molecule has 7 aromatic carbocycles. The zero-order chi connectivity index (χ0) is 40.4. The molecule has 3 atom stereocenters. The van der Waals surface area contributed by atoms with E-state index in [1.165, 1.54) is 4.90 Å². The zero-order valence-corrected chi connectivity index (χ0v) is 32.6. The molecule has 1 aliphatic heterocycles. The molecular formula is C51H45N2O6-. The molecule has 0 spiro atoms. The smallest absolute Gasteiger partial charge is 0.411 e. The topological polar surface area (TPSA) is 100 Å². The maximum absolute atomic E-state index is 12.7. The molecule has 1 aliphatic rings. The Bertz CT molecular complexity index is 2350. The number of carbonyl (C=O) groups is 2. The first-order chi connectivity index (χ1) is 29.0. The molecule has 1 heterocycles. The van der Waals surface area contributed by atoms with Gasteiger partial charge >= 0.3 is 6.09 Å². The van der Waals surface area contributed by atoms with Crippen LogP contribution in [0.15, 0.2) is 188 Å². The lowest BCUT2D eigenvalue weighted by molar-refractivity contribution is -0.270. The number of carboxylic acid groups (broad SMARTS) is 1. The number of nitrogens with zero attached hydrogens (tertiary/aromatic N) is 1. The molecule has 296 valence electrons. The molecule has 0 aliphatic carbocycles. The number of benzene rings is 7. The van der Waals surface area contributed by atoms with Gasteiger partial charge in [0.2, 0.25) is 0 Å². The monoisotopic (exact) mass is 781 g/mol. The molecule has 0 radical (unpaired) electrons. The molecule has 59 heavy (non-hydrogen) atoms. The quantitative estimate of drug-likeness (QED) is 0.117. The van der Waals surface area contributed by atoms with Crippen LogP contribution in [0.3, 0.4) is 0 Å². The van der Waals surface area contributed by atoms with Gasteiger partial charge in [-0.1, -0.05) is 170 Å². The summed E-state index contributed by atoms with van der Waals surface area (Å²) in [5.74, 6) is -0.625. The van der Waals surface area contributed by atoms with Gasteiger partial charge in [0.15, 0.2) is 0 Å². The average Bonchev–Trinajstić information content (AvgIpc) is 3.29. The van der Waals surface area contributed by atoms with E-state index in [2.05, 4.69) is 66.0 Å². The van der Waals surface area contributed by atoms with Crippen LogP contribution in [0.4, 0.5) is 15.3 Å². The SMILES string of the molecule is O=C(Nc1ccccc1)OCc1ccc(C2C(COC(c3ccccc3)(c3ccccc3)c3ccccc3)CN(C(=O)[O-])CC2OCc2ccc3ccccc3c2)cc1. The molecule has 3 unspecified atom stereocenters. The van der Waals surface area contributed by atoms with Crippen molar-refractivity contribution < 1.29 is 28.9 Å². The van der Waals surface area contributed by atoms with Gasteiger partial charge in [-0.15, -0.1) is 0 Å². The molecule has 7 aromatic rings. The van der Waals surface area contributed by atoms with Crippen molar-refractivity contribution in [3.63, 3.8) is 0 Å². The van der Waals surface area contributed by atoms with E-state index in [4.69, 9.17) is 14.2 Å². The molecule has 2 amide bonds. The Kier molecular flexibility index (Phi) is 12.1. The molecule has 8 heteroatoms. The summed E-state index contributed by atoms with van der Waals surface area (Å²) >= 11 is 0. The van der Waals surface area contributed by atoms with Gasteiger partial charge in [-0.25, -0.2) is 4.79 Å². The third-order valence-corrected chi connectivity index (χ3v) is 11.1. The first kappa shape index (κ1) is 39.1. The summed E-state index contributed by atoms with van der Waals surface area (Å²) < 4.78 is 19.7. The molecule has 8 rings (SSSR count). The van der Waals surface area contributed by atoms with Crippen molar-refractivity contribution in [1.82, 2.24) is 4.90 Å². The van der Waals surface area contributed by atoms with Crippen molar-refractivity contribution >= 4 is 28.6 Å². The second-order valence-corrected chi connectivity index (χ2v) is 14.9. The number of piperidine rings is 1. The van der Waals surface area contributed by atoms with Crippen LogP contribution < -0.4 is 10.4 Å². The molecule has 8 nitrogen and oxygen atoms in total. The van der Waals surface area contributed by atoms with Crippen LogP contribution in [0.25, 0.3) is 10.8 Å². The Hall–Kier alpha value is -6.74. The van der Waals surface area contributed by atoms with E-state index in [0.29, 0.717) is 5.69 Å². The van der Waals surface area contributed by atoms with Gasteiger partial charge in [0.05, 0.1) is 19.3 Å². The van der Waals surface area contributed by atoms with Crippen LogP contribution >= 0.6 is 0 Å². The van der Waals surface area contributed by atoms with Gasteiger partial charge in [0.1, 0.15) is 18.3 Å². The van der Waals surface area contributed by atoms with Crippen LogP contribution in [0, 0.1) is 5.92 Å². The minimum atomic E-state index is -1.26. The number of anilines is 1. The molecule has 0 bridgehead atoms. The number of nitrogens with one attached hydrogen (secondary N) is 1. The Labute approximate surface area is 344 Å². The summed E-state index contributed by atoms with van der Waals surface area (Å²) in [7, 11) is 0. The molecule has 0 aromatic heterocycles. The highest BCUT2D eigenvalue weighted by Crippen LogP contribution is 2.43. The Morgan fingerprint density at radius 2 is 1.15 bits per heavy atom. The maximum atomic E-state index is 12.7. The van der Waals surface area contributed by atoms with Crippen LogP contribution in [-0.2, 0) is 33.0 Å². The summed E-state index contributed by atoms with van der Waals surface area (Å²) in [5.41, 5.74) is 5.24. The second-order valence-electron chi connectivity index (χ2n) is 14.9. The van der Waals surface area contributed by atoms with Gasteiger partial charge < -0.3 is 29.0 Å². The molecule has 1 fully saturated rings. The lowest BCUT2D eigenvalue weighted by Gasteiger charge is -2.46. The number of ether oxygens (including phenoxy) is 3. The Morgan fingerprint density at radius 3 is 1.75 bits per heavy atom. The van der Waals surface area contributed by atoms with Crippen molar-refractivity contribution in [2.45, 2.75) is 30.8 Å². The van der Waals surface area contributed by atoms with E-state index in [1.54, 1.807) is 12.1 Å². The summed E-state index contributed by atoms with van der Waals surface area (Å²) in [6.45, 7) is 0.854. The lowest BCUT2D eigenvalue weighted by Crippen LogP contribution is -2.56. The fourth-order valence-electron chi connectivity index (χ4n) is 8.25. The second kappa shape index (κ2) is 18.2. The molecular weight excluding hydrogens is 737 g/mol. The van der Waals surface area contributed by atoms with Gasteiger partial charge in [-0.3, -0.25) is 5.32 Å². The predicted molar refractivity (Wildman–Crippen MR) is 228 cm³/mol. The van der Waals surface area contributed by atoms with Gasteiger partial charge in [-0.05, 0) is 62.4 Å². The van der Waals surface area contributed by atoms with E-state index >= 15 is 0 Å². The minimum absolute atomic E-state index is 0.0737. The molecule has 0 saturated carbocycles. The van der Waals surface area contributed by atoms with Gasteiger partial charge in [0.25, 0.3) is 0 Å². The number of hydrogen-bond donors (Lipinski definition) is 1. The number of rotatable bonds is 13. The number of likely N-dealkylation sites (tertiary alicyclic amines) is 1. The van der Waals surface area contributed by atoms with Crippen LogP contribution in [0.5, 0.6) is 0 Å². The standard InChI is InChI=1S/C51H46N2O6/c54-49(52-46-23-11-4-12-24-46)58-34-37-25-29-40(30-26-37)48-42(32-53(50(55)56)33-47(48)57-35-38-27-28-39-15-13-14-16-41(39)31-38)36-59-51(43-17-5-1-6-18-43,44-19-7-2-8-20-44)45-21-9-3-10-22-45/h1-31,42,47-48H,32-36H2,(H,52,54)(H,55,56)/p-1. The van der Waals surface area contributed by atoms with E-state index in [1.807, 2.05) is 115 Å². The minimum Gasteiger partial charge on any atom is -0.530 e. The lowest BCUT2D eigenvalue weighted by atomic mass is 9.77. The summed E-state index contributed by atoms with van der Waals surface area (Å²) in [4.78, 5) is 26.7. The fraction of sp³-hybridized carbons (Fsp3) is 0.176. The first-order valence-corrected chi connectivity index (χ1v) is 19.9. The Morgan fingerprint density at radius 1 is 0.610 bits per heavy atom. The van der Waals surface area contributed by atoms with Crippen LogP contribution in [0.2, 0.25) is 0 Å². The zero-order valence-electron chi connectivity index (χ0n) is 32.6. The normalized spacial score (nSPS) is 16.7. The fourth-order valence-corrected chi connectivity index (χ4v) is 8.25. The average molecular weight is 782 g/mol. The van der Waals surface area contributed by atoms with E-state index < -0.39 is 23.9 Å². The highest BCUT2D eigenvalue weighted by Gasteiger charge is 2.43. The summed E-state index contributed by atoms with van der Waals surface area (Å²) in [5, 5.41) is 17.7. The number of fused-ring (bicyclic) bond motifs is 1. The molecule has 1 N–H and O–H groups in total. The van der Waals surface area contributed by atoms with E-state index in [-0.39, 0.29) is 44.7 Å². The first-order valence-electron chi connectivity index (χ1n) is 19.9. The molecule has 1 saturated heterocycles. The van der Waals surface area contributed by atoms with Gasteiger partial charge in [-0.2, -0.15) is 0 Å². The van der Waals surface area contributed by atoms with Crippen molar-refractivity contribution in [3.05, 3.63) is 221 Å². The highest BCUT2D eigenvalue weighted by atomic mass is 16.5. The van der Waals surface area contributed by atoms with E-state index in [0.717, 1.165) is 44.2 Å². The Balaban J connectivity index is 1.13. The largest absolute Gasteiger partial charge is 0.530 e. The number of hydrogen-bond acceptors (Lipinski definition) is 6. The third kappa shape index (κ3) is 9.05. The summed E-state index contributed by atoms with van der Waals surface area (Å²) in [6, 6.07) is 61.9. The highest BCUT2D eigenvalue weighted by molar-refractivity contribution is 5.84. The summed E-state index contributed by atoms with van der Waals surface area (Å²) in [6.07, 6.45) is -2.34. The van der Waals surface area contributed by atoms with Crippen LogP contribution in [-0.4, -0.2) is 42.9 Å². The van der Waals surface area contributed by atoms with Gasteiger partial charge in [0, 0.05) is 30.6 Å².